The lowest BCUT2D eigenvalue weighted by atomic mass is 10.1. The number of carbonyl (C=O) groups excluding carboxylic acids is 2. The molecule has 9 heteroatoms. The van der Waals surface area contributed by atoms with E-state index in [1.165, 1.54) is 14.2 Å². The van der Waals surface area contributed by atoms with E-state index in [0.717, 1.165) is 28.0 Å². The van der Waals surface area contributed by atoms with Crippen LogP contribution in [0.25, 0.3) is 10.2 Å². The maximum Gasteiger partial charge on any atom is 0.351 e. The number of esters is 1. The van der Waals surface area contributed by atoms with Crippen LogP contribution in [-0.2, 0) is 9.53 Å². The highest BCUT2D eigenvalue weighted by molar-refractivity contribution is 7.21. The first-order valence-corrected chi connectivity index (χ1v) is 9.51. The summed E-state index contributed by atoms with van der Waals surface area (Å²) in [4.78, 5) is 30.0. The Morgan fingerprint density at radius 3 is 2.62 bits per heavy atom. The number of anilines is 2. The second-order valence-electron chi connectivity index (χ2n) is 6.30. The van der Waals surface area contributed by atoms with Crippen LogP contribution in [0.1, 0.15) is 20.9 Å². The zero-order chi connectivity index (χ0) is 21.1. The predicted octanol–water partition coefficient (Wildman–Crippen LogP) is 3.31. The van der Waals surface area contributed by atoms with E-state index in [2.05, 4.69) is 10.3 Å². The summed E-state index contributed by atoms with van der Waals surface area (Å²) >= 11 is 1.15. The number of benzene rings is 1. The summed E-state index contributed by atoms with van der Waals surface area (Å²) in [6.07, 6.45) is 0. The third-order valence-electron chi connectivity index (χ3n) is 4.23. The number of nitrogens with zero attached hydrogens (tertiary/aromatic N) is 1. The Morgan fingerprint density at radius 2 is 1.93 bits per heavy atom. The molecule has 3 rings (SSSR count). The molecule has 29 heavy (non-hydrogen) atoms. The summed E-state index contributed by atoms with van der Waals surface area (Å²) in [5, 5.41) is 3.38. The third kappa shape index (κ3) is 4.24. The van der Waals surface area contributed by atoms with Crippen LogP contribution in [-0.4, -0.2) is 37.7 Å². The van der Waals surface area contributed by atoms with E-state index in [4.69, 9.17) is 19.9 Å². The molecule has 0 aliphatic heterocycles. The number of thiophene rings is 1. The Labute approximate surface area is 171 Å². The number of hydrogen-bond acceptors (Lipinski definition) is 8. The summed E-state index contributed by atoms with van der Waals surface area (Å²) in [5.74, 6) is -0.161. The van der Waals surface area contributed by atoms with E-state index >= 15 is 0 Å². The molecular formula is C20H21N3O5S. The van der Waals surface area contributed by atoms with Gasteiger partial charge in [-0.2, -0.15) is 0 Å². The quantitative estimate of drug-likeness (QED) is 0.594. The number of nitrogen functional groups attached to an aromatic ring is 1. The molecule has 2 heterocycles. The Kier molecular flexibility index (Phi) is 5.88. The van der Waals surface area contributed by atoms with Gasteiger partial charge in [0.05, 0.1) is 25.6 Å². The van der Waals surface area contributed by atoms with Crippen LogP contribution in [0.3, 0.4) is 0 Å². The molecule has 0 unspecified atom stereocenters. The smallest absolute Gasteiger partial charge is 0.351 e. The largest absolute Gasteiger partial charge is 0.497 e. The summed E-state index contributed by atoms with van der Waals surface area (Å²) in [5.41, 5.74) is 8.65. The number of aromatic nitrogens is 1. The van der Waals surface area contributed by atoms with Crippen LogP contribution in [0.2, 0.25) is 0 Å². The van der Waals surface area contributed by atoms with Gasteiger partial charge in [-0.1, -0.05) is 0 Å². The van der Waals surface area contributed by atoms with Crippen LogP contribution >= 0.6 is 11.3 Å². The van der Waals surface area contributed by atoms with E-state index in [1.54, 1.807) is 18.2 Å². The molecule has 152 valence electrons. The summed E-state index contributed by atoms with van der Waals surface area (Å²) in [6, 6.07) is 6.85. The average Bonchev–Trinajstić information content (AvgIpc) is 3.02. The summed E-state index contributed by atoms with van der Waals surface area (Å²) < 4.78 is 15.5. The first-order chi connectivity index (χ1) is 13.8. The second-order valence-corrected chi connectivity index (χ2v) is 7.30. The number of carbonyl (C=O) groups is 2. The number of nitrogens with one attached hydrogen (secondary N) is 1. The van der Waals surface area contributed by atoms with Crippen molar-refractivity contribution in [1.29, 1.82) is 0 Å². The molecule has 0 aliphatic rings. The molecule has 0 aliphatic carbocycles. The highest BCUT2D eigenvalue weighted by Crippen LogP contribution is 2.35. The van der Waals surface area contributed by atoms with Gasteiger partial charge in [-0.05, 0) is 37.6 Å². The van der Waals surface area contributed by atoms with E-state index in [-0.39, 0.29) is 4.88 Å². The highest BCUT2D eigenvalue weighted by Gasteiger charge is 2.21. The topological polar surface area (TPSA) is 113 Å². The fourth-order valence-electron chi connectivity index (χ4n) is 2.91. The Bertz CT molecular complexity index is 1090. The number of fused-ring (bicyclic) bond motifs is 1. The Hall–Kier alpha value is -3.33. The van der Waals surface area contributed by atoms with Gasteiger partial charge in [0.1, 0.15) is 21.2 Å². The lowest BCUT2D eigenvalue weighted by molar-refractivity contribution is -0.119. The minimum absolute atomic E-state index is 0.232. The SMILES string of the molecule is COc1ccc(NC(=O)COC(=O)c2sc3nc(C)cc(C)c3c2N)c(OC)c1. The van der Waals surface area contributed by atoms with E-state index in [9.17, 15) is 9.59 Å². The molecule has 1 aromatic carbocycles. The number of pyridine rings is 1. The van der Waals surface area contributed by atoms with E-state index < -0.39 is 18.5 Å². The maximum absolute atomic E-state index is 12.5. The van der Waals surface area contributed by atoms with Crippen molar-refractivity contribution in [3.8, 4) is 11.5 Å². The maximum atomic E-state index is 12.5. The summed E-state index contributed by atoms with van der Waals surface area (Å²) in [6.45, 7) is 3.32. The molecular weight excluding hydrogens is 394 g/mol. The molecule has 0 saturated carbocycles. The molecule has 0 bridgehead atoms. The molecule has 0 spiro atoms. The van der Waals surface area contributed by atoms with E-state index in [1.807, 2.05) is 19.9 Å². The Balaban J connectivity index is 1.70. The van der Waals surface area contributed by atoms with Crippen LogP contribution < -0.4 is 20.5 Å². The van der Waals surface area contributed by atoms with Crippen molar-refractivity contribution in [2.75, 3.05) is 31.9 Å². The molecule has 1 amide bonds. The number of methoxy groups -OCH3 is 2. The first kappa shape index (κ1) is 20.4. The van der Waals surface area contributed by atoms with Gasteiger partial charge in [-0.15, -0.1) is 11.3 Å². The van der Waals surface area contributed by atoms with Crippen LogP contribution in [0.5, 0.6) is 11.5 Å². The van der Waals surface area contributed by atoms with Crippen molar-refractivity contribution < 1.29 is 23.8 Å². The van der Waals surface area contributed by atoms with Crippen LogP contribution in [0.4, 0.5) is 11.4 Å². The van der Waals surface area contributed by atoms with E-state index in [0.29, 0.717) is 27.7 Å². The number of ether oxygens (including phenoxy) is 3. The van der Waals surface area contributed by atoms with Gasteiger partial charge >= 0.3 is 5.97 Å². The lowest BCUT2D eigenvalue weighted by Crippen LogP contribution is -2.21. The number of nitrogens with two attached hydrogens (primary N) is 1. The molecule has 0 fully saturated rings. The third-order valence-corrected chi connectivity index (χ3v) is 5.31. The average molecular weight is 415 g/mol. The van der Waals surface area contributed by atoms with Crippen molar-refractivity contribution in [3.05, 3.63) is 40.4 Å². The molecule has 2 aromatic heterocycles. The highest BCUT2D eigenvalue weighted by atomic mass is 32.1. The molecule has 0 atom stereocenters. The van der Waals surface area contributed by atoms with Gasteiger partial charge in [0.2, 0.25) is 0 Å². The van der Waals surface area contributed by atoms with Gasteiger partial charge in [0.25, 0.3) is 5.91 Å². The number of hydrogen-bond donors (Lipinski definition) is 2. The normalized spacial score (nSPS) is 10.6. The molecule has 8 nitrogen and oxygen atoms in total. The van der Waals surface area contributed by atoms with Gasteiger partial charge in [-0.25, -0.2) is 9.78 Å². The van der Waals surface area contributed by atoms with Gasteiger partial charge < -0.3 is 25.3 Å². The lowest BCUT2D eigenvalue weighted by Gasteiger charge is -2.11. The number of aryl methyl sites for hydroxylation is 2. The number of amides is 1. The second kappa shape index (κ2) is 8.36. The monoisotopic (exact) mass is 415 g/mol. The molecule has 3 N–H and O–H groups in total. The van der Waals surface area contributed by atoms with Crippen molar-refractivity contribution in [3.63, 3.8) is 0 Å². The zero-order valence-electron chi connectivity index (χ0n) is 16.5. The molecule has 0 saturated heterocycles. The predicted molar refractivity (Wildman–Crippen MR) is 112 cm³/mol. The fourth-order valence-corrected chi connectivity index (χ4v) is 4.02. The minimum atomic E-state index is -0.667. The van der Waals surface area contributed by atoms with Gasteiger partial charge in [0.15, 0.2) is 6.61 Å². The zero-order valence-corrected chi connectivity index (χ0v) is 17.3. The number of rotatable bonds is 6. The van der Waals surface area contributed by atoms with Crippen molar-refractivity contribution >= 4 is 44.8 Å². The van der Waals surface area contributed by atoms with Crippen LogP contribution in [0.15, 0.2) is 24.3 Å². The summed E-state index contributed by atoms with van der Waals surface area (Å²) in [7, 11) is 3.01. The van der Waals surface area contributed by atoms with Gasteiger partial charge in [-0.3, -0.25) is 4.79 Å². The standard InChI is InChI=1S/C20H21N3O5S/c1-10-7-11(2)22-19-16(10)17(21)18(29-19)20(25)28-9-15(24)23-13-6-5-12(26-3)8-14(13)27-4/h5-8H,9,21H2,1-4H3,(H,23,24). The van der Waals surface area contributed by atoms with Gasteiger partial charge in [0, 0.05) is 17.1 Å². The van der Waals surface area contributed by atoms with Crippen LogP contribution in [0, 0.1) is 13.8 Å². The fraction of sp³-hybridized carbons (Fsp3) is 0.250. The molecule has 3 aromatic rings. The van der Waals surface area contributed by atoms with Crippen molar-refractivity contribution in [2.24, 2.45) is 0 Å². The van der Waals surface area contributed by atoms with Crippen molar-refractivity contribution in [2.45, 2.75) is 13.8 Å². The molecule has 0 radical (unpaired) electrons. The first-order valence-electron chi connectivity index (χ1n) is 8.69. The minimum Gasteiger partial charge on any atom is -0.497 e. The Morgan fingerprint density at radius 1 is 1.17 bits per heavy atom. The van der Waals surface area contributed by atoms with Crippen molar-refractivity contribution in [1.82, 2.24) is 4.98 Å².